The maximum Gasteiger partial charge on any atom is 0.240 e. The molecule has 0 spiro atoms. The average Bonchev–Trinajstić information content (AvgIpc) is 2.68. The van der Waals surface area contributed by atoms with Gasteiger partial charge in [-0.3, -0.25) is 4.79 Å². The predicted octanol–water partition coefficient (Wildman–Crippen LogP) is 3.32. The van der Waals surface area contributed by atoms with Crippen molar-refractivity contribution in [1.82, 2.24) is 5.43 Å². The van der Waals surface area contributed by atoms with Crippen LogP contribution >= 0.6 is 0 Å². The van der Waals surface area contributed by atoms with Gasteiger partial charge in [0.15, 0.2) is 11.5 Å². The van der Waals surface area contributed by atoms with Crippen LogP contribution in [0.15, 0.2) is 41.5 Å². The van der Waals surface area contributed by atoms with E-state index in [1.807, 2.05) is 43.3 Å². The minimum Gasteiger partial charge on any atom is -0.493 e. The summed E-state index contributed by atoms with van der Waals surface area (Å²) in [4.78, 5) is 11.4. The summed E-state index contributed by atoms with van der Waals surface area (Å²) in [7, 11) is 4.74. The number of amides is 1. The third-order valence-electron chi connectivity index (χ3n) is 4.39. The van der Waals surface area contributed by atoms with Crippen LogP contribution in [0.2, 0.25) is 0 Å². The first-order valence-electron chi connectivity index (χ1n) is 8.59. The Labute approximate surface area is 158 Å². The predicted molar refractivity (Wildman–Crippen MR) is 104 cm³/mol. The Balaban J connectivity index is 1.82. The van der Waals surface area contributed by atoms with Crippen molar-refractivity contribution in [1.29, 1.82) is 0 Å². The Kier molecular flexibility index (Phi) is 5.49. The van der Waals surface area contributed by atoms with E-state index in [0.717, 1.165) is 22.6 Å². The van der Waals surface area contributed by atoms with Crippen molar-refractivity contribution in [3.8, 4) is 17.2 Å². The fourth-order valence-electron chi connectivity index (χ4n) is 3.05. The molecule has 1 atom stereocenters. The summed E-state index contributed by atoms with van der Waals surface area (Å²) >= 11 is 0. The van der Waals surface area contributed by atoms with Gasteiger partial charge >= 0.3 is 0 Å². The number of nitrogens with zero attached hydrogens (tertiary/aromatic N) is 1. The molecule has 1 heterocycles. The van der Waals surface area contributed by atoms with Crippen LogP contribution in [0.25, 0.3) is 0 Å². The molecule has 0 saturated heterocycles. The summed E-state index contributed by atoms with van der Waals surface area (Å²) in [5.74, 6) is 1.75. The van der Waals surface area contributed by atoms with Gasteiger partial charge in [-0.15, -0.1) is 0 Å². The van der Waals surface area contributed by atoms with Crippen LogP contribution in [0, 0.1) is 5.92 Å². The number of hydrazone groups is 1. The van der Waals surface area contributed by atoms with Gasteiger partial charge in [0.25, 0.3) is 0 Å². The van der Waals surface area contributed by atoms with Gasteiger partial charge in [0.2, 0.25) is 11.7 Å². The van der Waals surface area contributed by atoms with Crippen molar-refractivity contribution in [2.75, 3.05) is 26.6 Å². The number of carbonyl (C=O) groups is 1. The van der Waals surface area contributed by atoms with E-state index >= 15 is 0 Å². The molecule has 2 aromatic rings. The van der Waals surface area contributed by atoms with Gasteiger partial charge in [-0.25, -0.2) is 5.43 Å². The molecule has 27 heavy (non-hydrogen) atoms. The lowest BCUT2D eigenvalue weighted by molar-refractivity contribution is -0.121. The minimum absolute atomic E-state index is 0.0491. The van der Waals surface area contributed by atoms with E-state index in [4.69, 9.17) is 14.2 Å². The fraction of sp³-hybridized carbons (Fsp3) is 0.300. The van der Waals surface area contributed by atoms with Crippen LogP contribution in [0.1, 0.15) is 18.9 Å². The number of nitrogens with one attached hydrogen (secondary N) is 2. The van der Waals surface area contributed by atoms with E-state index in [2.05, 4.69) is 15.8 Å². The van der Waals surface area contributed by atoms with Gasteiger partial charge in [-0.2, -0.15) is 5.10 Å². The standard InChI is InChI=1S/C20H23N3O4/c1-12-9-18(24)22-23-19(12)13-5-7-14(8-6-13)21-15-10-16(25-2)20(27-4)17(11-15)26-3/h5-8,10-12,21H,9H2,1-4H3,(H,22,24)/t12-/m1/s1. The number of ether oxygens (including phenoxy) is 3. The highest BCUT2D eigenvalue weighted by Crippen LogP contribution is 2.40. The van der Waals surface area contributed by atoms with Gasteiger partial charge in [0.05, 0.1) is 27.0 Å². The molecule has 3 rings (SSSR count). The molecule has 0 aliphatic carbocycles. The van der Waals surface area contributed by atoms with Gasteiger partial charge in [-0.1, -0.05) is 19.1 Å². The molecule has 142 valence electrons. The number of anilines is 2. The first-order valence-corrected chi connectivity index (χ1v) is 8.59. The summed E-state index contributed by atoms with van der Waals surface area (Å²) in [5.41, 5.74) is 6.13. The van der Waals surface area contributed by atoms with E-state index in [-0.39, 0.29) is 11.8 Å². The minimum atomic E-state index is -0.0491. The number of rotatable bonds is 6. The Hall–Kier alpha value is -3.22. The van der Waals surface area contributed by atoms with Gasteiger partial charge in [0.1, 0.15) is 0 Å². The van der Waals surface area contributed by atoms with Crippen LogP contribution < -0.4 is 25.0 Å². The van der Waals surface area contributed by atoms with Gasteiger partial charge in [-0.05, 0) is 17.7 Å². The average molecular weight is 369 g/mol. The first-order chi connectivity index (χ1) is 13.0. The van der Waals surface area contributed by atoms with Crippen LogP contribution in [-0.4, -0.2) is 32.9 Å². The van der Waals surface area contributed by atoms with Crippen LogP contribution in [-0.2, 0) is 4.79 Å². The smallest absolute Gasteiger partial charge is 0.240 e. The number of hydrogen-bond acceptors (Lipinski definition) is 6. The lowest BCUT2D eigenvalue weighted by Gasteiger charge is -2.19. The molecule has 1 aliphatic rings. The molecule has 7 nitrogen and oxygen atoms in total. The summed E-state index contributed by atoms with van der Waals surface area (Å²) in [5, 5.41) is 7.52. The van der Waals surface area contributed by atoms with Crippen molar-refractivity contribution < 1.29 is 19.0 Å². The summed E-state index contributed by atoms with van der Waals surface area (Å²) in [6.07, 6.45) is 0.449. The lowest BCUT2D eigenvalue weighted by Crippen LogP contribution is -2.31. The Morgan fingerprint density at radius 2 is 1.63 bits per heavy atom. The maximum atomic E-state index is 11.4. The summed E-state index contributed by atoms with van der Waals surface area (Å²) in [6, 6.07) is 11.6. The fourth-order valence-corrected chi connectivity index (χ4v) is 3.05. The van der Waals surface area contributed by atoms with Crippen LogP contribution in [0.5, 0.6) is 17.2 Å². The lowest BCUT2D eigenvalue weighted by atomic mass is 9.94. The highest BCUT2D eigenvalue weighted by Gasteiger charge is 2.21. The Morgan fingerprint density at radius 1 is 1.00 bits per heavy atom. The molecule has 2 aromatic carbocycles. The van der Waals surface area contributed by atoms with Crippen molar-refractivity contribution >= 4 is 23.0 Å². The van der Waals surface area contributed by atoms with Gasteiger partial charge in [0, 0.05) is 35.8 Å². The van der Waals surface area contributed by atoms with Crippen LogP contribution in [0.4, 0.5) is 11.4 Å². The van der Waals surface area contributed by atoms with Gasteiger partial charge < -0.3 is 19.5 Å². The number of carbonyl (C=O) groups excluding carboxylic acids is 1. The Morgan fingerprint density at radius 3 is 2.15 bits per heavy atom. The van der Waals surface area contributed by atoms with Crippen molar-refractivity contribution in [3.05, 3.63) is 42.0 Å². The molecule has 2 N–H and O–H groups in total. The molecule has 0 saturated carbocycles. The molecular formula is C20H23N3O4. The second-order valence-corrected chi connectivity index (χ2v) is 6.25. The topological polar surface area (TPSA) is 81.2 Å². The van der Waals surface area contributed by atoms with Crippen LogP contribution in [0.3, 0.4) is 0 Å². The molecule has 0 aromatic heterocycles. The zero-order valence-electron chi connectivity index (χ0n) is 15.8. The number of hydrogen-bond donors (Lipinski definition) is 2. The Bertz CT molecular complexity index is 837. The quantitative estimate of drug-likeness (QED) is 0.816. The molecule has 0 bridgehead atoms. The third-order valence-corrected chi connectivity index (χ3v) is 4.39. The molecule has 1 amide bonds. The zero-order valence-corrected chi connectivity index (χ0v) is 15.8. The molecule has 1 aliphatic heterocycles. The van der Waals surface area contributed by atoms with E-state index in [0.29, 0.717) is 23.7 Å². The van der Waals surface area contributed by atoms with E-state index in [9.17, 15) is 4.79 Å². The number of methoxy groups -OCH3 is 3. The molecule has 0 unspecified atom stereocenters. The van der Waals surface area contributed by atoms with E-state index in [1.165, 1.54) is 0 Å². The second-order valence-electron chi connectivity index (χ2n) is 6.25. The molecular weight excluding hydrogens is 346 g/mol. The van der Waals surface area contributed by atoms with Crippen molar-refractivity contribution in [3.63, 3.8) is 0 Å². The molecule has 0 fully saturated rings. The monoisotopic (exact) mass is 369 g/mol. The third kappa shape index (κ3) is 3.97. The highest BCUT2D eigenvalue weighted by molar-refractivity contribution is 6.05. The number of benzene rings is 2. The largest absolute Gasteiger partial charge is 0.493 e. The second kappa shape index (κ2) is 7.99. The molecule has 7 heteroatoms. The van der Waals surface area contributed by atoms with E-state index < -0.39 is 0 Å². The zero-order chi connectivity index (χ0) is 19.4. The highest BCUT2D eigenvalue weighted by atomic mass is 16.5. The molecule has 0 radical (unpaired) electrons. The summed E-state index contributed by atoms with van der Waals surface area (Å²) in [6.45, 7) is 2.00. The first kappa shape index (κ1) is 18.6. The van der Waals surface area contributed by atoms with Crippen molar-refractivity contribution in [2.45, 2.75) is 13.3 Å². The van der Waals surface area contributed by atoms with E-state index in [1.54, 1.807) is 21.3 Å². The normalized spacial score (nSPS) is 16.2. The SMILES string of the molecule is COc1cc(Nc2ccc(C3=NNC(=O)C[C@H]3C)cc2)cc(OC)c1OC. The van der Waals surface area contributed by atoms with Crippen molar-refractivity contribution in [2.24, 2.45) is 11.0 Å². The summed E-state index contributed by atoms with van der Waals surface area (Å²) < 4.78 is 16.1. The maximum absolute atomic E-state index is 11.4.